The SMILES string of the molecule is Cl.O=C(O)c1c(N2CC[C@@]3(CO)CCCN[C@@H]3C2)noc1-c1ccccc1. The molecule has 3 N–H and O–H groups in total. The fourth-order valence-electron chi connectivity index (χ4n) is 4.27. The van der Waals surface area contributed by atoms with Crippen LogP contribution in [0.5, 0.6) is 0 Å². The van der Waals surface area contributed by atoms with Crippen molar-refractivity contribution in [3.8, 4) is 11.3 Å². The first kappa shape index (κ1) is 19.7. The van der Waals surface area contributed by atoms with Gasteiger partial charge in [-0.3, -0.25) is 0 Å². The first-order chi connectivity index (χ1) is 12.6. The van der Waals surface area contributed by atoms with Crippen LogP contribution in [0.2, 0.25) is 0 Å². The van der Waals surface area contributed by atoms with Gasteiger partial charge in [-0.15, -0.1) is 12.4 Å². The van der Waals surface area contributed by atoms with Crippen LogP contribution in [0.4, 0.5) is 5.82 Å². The number of aliphatic hydroxyl groups is 1. The molecule has 0 saturated carbocycles. The molecule has 2 saturated heterocycles. The lowest BCUT2D eigenvalue weighted by atomic mass is 9.70. The molecule has 4 rings (SSSR count). The van der Waals surface area contributed by atoms with E-state index in [2.05, 4.69) is 10.5 Å². The number of hydrogen-bond donors (Lipinski definition) is 3. The summed E-state index contributed by atoms with van der Waals surface area (Å²) in [7, 11) is 0. The highest BCUT2D eigenvalue weighted by molar-refractivity contribution is 5.99. The first-order valence-corrected chi connectivity index (χ1v) is 9.02. The lowest BCUT2D eigenvalue weighted by Crippen LogP contribution is -2.61. The lowest BCUT2D eigenvalue weighted by molar-refractivity contribution is 0.0335. The van der Waals surface area contributed by atoms with E-state index in [0.29, 0.717) is 24.5 Å². The molecule has 7 nitrogen and oxygen atoms in total. The minimum Gasteiger partial charge on any atom is -0.477 e. The van der Waals surface area contributed by atoms with Crippen LogP contribution in [0.25, 0.3) is 11.3 Å². The van der Waals surface area contributed by atoms with Crippen LogP contribution < -0.4 is 10.2 Å². The number of nitrogens with one attached hydrogen (secondary N) is 1. The molecule has 3 heterocycles. The average Bonchev–Trinajstić information content (AvgIpc) is 3.13. The smallest absolute Gasteiger partial charge is 0.343 e. The van der Waals surface area contributed by atoms with Crippen LogP contribution in [-0.4, -0.2) is 53.6 Å². The summed E-state index contributed by atoms with van der Waals surface area (Å²) in [6.45, 7) is 2.33. The molecule has 0 amide bonds. The number of carbonyl (C=O) groups is 1. The number of anilines is 1. The van der Waals surface area contributed by atoms with E-state index in [9.17, 15) is 15.0 Å². The van der Waals surface area contributed by atoms with Gasteiger partial charge in [0.15, 0.2) is 17.1 Å². The zero-order chi connectivity index (χ0) is 18.1. The molecular formula is C19H24ClN3O4. The van der Waals surface area contributed by atoms with E-state index in [0.717, 1.165) is 25.8 Å². The van der Waals surface area contributed by atoms with E-state index in [4.69, 9.17) is 4.52 Å². The number of benzene rings is 1. The largest absolute Gasteiger partial charge is 0.477 e. The zero-order valence-corrected chi connectivity index (χ0v) is 15.7. The van der Waals surface area contributed by atoms with Gasteiger partial charge in [-0.2, -0.15) is 0 Å². The predicted octanol–water partition coefficient (Wildman–Crippen LogP) is 2.40. The molecule has 1 aromatic carbocycles. The third-order valence-corrected chi connectivity index (χ3v) is 5.80. The van der Waals surface area contributed by atoms with Crippen molar-refractivity contribution in [2.75, 3.05) is 31.1 Å². The van der Waals surface area contributed by atoms with Gasteiger partial charge in [0.25, 0.3) is 0 Å². The van der Waals surface area contributed by atoms with Crippen LogP contribution >= 0.6 is 12.4 Å². The fourth-order valence-corrected chi connectivity index (χ4v) is 4.27. The molecule has 8 heteroatoms. The molecule has 2 fully saturated rings. The molecule has 0 radical (unpaired) electrons. The van der Waals surface area contributed by atoms with Crippen LogP contribution in [0, 0.1) is 5.41 Å². The molecule has 0 bridgehead atoms. The summed E-state index contributed by atoms with van der Waals surface area (Å²) in [5, 5.41) is 27.3. The number of nitrogens with zero attached hydrogens (tertiary/aromatic N) is 2. The van der Waals surface area contributed by atoms with E-state index in [1.54, 1.807) is 0 Å². The standard InChI is InChI=1S/C19H23N3O4.ClH/c23-12-19-7-4-9-20-14(19)11-22(10-8-19)17-15(18(24)25)16(26-21-17)13-5-2-1-3-6-13;/h1-3,5-6,14,20,23H,4,7-12H2,(H,24,25);1H/t14-,19-;/m1./s1. The Bertz CT molecular complexity index is 798. The fraction of sp³-hybridized carbons (Fsp3) is 0.474. The Morgan fingerprint density at radius 2 is 2.11 bits per heavy atom. The van der Waals surface area contributed by atoms with Gasteiger partial charge < -0.3 is 25.0 Å². The second-order valence-corrected chi connectivity index (χ2v) is 7.21. The number of carboxylic acids is 1. The van der Waals surface area contributed by atoms with Gasteiger partial charge in [-0.1, -0.05) is 35.5 Å². The predicted molar refractivity (Wildman–Crippen MR) is 104 cm³/mol. The molecule has 146 valence electrons. The van der Waals surface area contributed by atoms with Crippen LogP contribution in [0.15, 0.2) is 34.9 Å². The minimum absolute atomic E-state index is 0. The van der Waals surface area contributed by atoms with Gasteiger partial charge in [0.2, 0.25) is 0 Å². The van der Waals surface area contributed by atoms with Crippen molar-refractivity contribution in [3.05, 3.63) is 35.9 Å². The number of rotatable bonds is 4. The third kappa shape index (κ3) is 3.42. The Balaban J connectivity index is 0.00000210. The Labute approximate surface area is 163 Å². The topological polar surface area (TPSA) is 98.8 Å². The van der Waals surface area contributed by atoms with E-state index in [1.807, 2.05) is 35.2 Å². The van der Waals surface area contributed by atoms with Gasteiger partial charge in [0.05, 0.1) is 6.61 Å². The first-order valence-electron chi connectivity index (χ1n) is 9.02. The Morgan fingerprint density at radius 3 is 2.81 bits per heavy atom. The summed E-state index contributed by atoms with van der Waals surface area (Å²) in [4.78, 5) is 13.9. The average molecular weight is 394 g/mol. The van der Waals surface area contributed by atoms with Crippen LogP contribution in [-0.2, 0) is 0 Å². The molecule has 0 aliphatic carbocycles. The number of carboxylic acid groups (broad SMARTS) is 1. The summed E-state index contributed by atoms with van der Waals surface area (Å²) in [5.41, 5.74) is 0.675. The van der Waals surface area contributed by atoms with E-state index in [-0.39, 0.29) is 41.8 Å². The molecule has 0 unspecified atom stereocenters. The molecule has 0 spiro atoms. The quantitative estimate of drug-likeness (QED) is 0.733. The lowest BCUT2D eigenvalue weighted by Gasteiger charge is -2.50. The second kappa shape index (κ2) is 7.88. The summed E-state index contributed by atoms with van der Waals surface area (Å²) < 4.78 is 5.44. The van der Waals surface area contributed by atoms with Crippen molar-refractivity contribution >= 4 is 24.2 Å². The van der Waals surface area contributed by atoms with Crippen LogP contribution in [0.1, 0.15) is 29.6 Å². The molecule has 27 heavy (non-hydrogen) atoms. The number of fused-ring (bicyclic) bond motifs is 1. The monoisotopic (exact) mass is 393 g/mol. The van der Waals surface area contributed by atoms with Crippen molar-refractivity contribution in [2.45, 2.75) is 25.3 Å². The Morgan fingerprint density at radius 1 is 1.33 bits per heavy atom. The van der Waals surface area contributed by atoms with Gasteiger partial charge >= 0.3 is 5.97 Å². The maximum Gasteiger partial charge on any atom is 0.343 e. The van der Waals surface area contributed by atoms with Crippen molar-refractivity contribution in [1.82, 2.24) is 10.5 Å². The summed E-state index contributed by atoms with van der Waals surface area (Å²) in [5.74, 6) is -0.394. The highest BCUT2D eigenvalue weighted by atomic mass is 35.5. The number of hydrogen-bond acceptors (Lipinski definition) is 6. The van der Waals surface area contributed by atoms with Crippen LogP contribution in [0.3, 0.4) is 0 Å². The van der Waals surface area contributed by atoms with Gasteiger partial charge in [0.1, 0.15) is 0 Å². The molecule has 2 aliphatic rings. The van der Waals surface area contributed by atoms with E-state index >= 15 is 0 Å². The highest BCUT2D eigenvalue weighted by Gasteiger charge is 2.45. The zero-order valence-electron chi connectivity index (χ0n) is 14.9. The van der Waals surface area contributed by atoms with Gasteiger partial charge in [0, 0.05) is 30.1 Å². The maximum absolute atomic E-state index is 11.9. The molecule has 2 aliphatic heterocycles. The summed E-state index contributed by atoms with van der Waals surface area (Å²) in [6.07, 6.45) is 2.85. The number of aliphatic hydroxyl groups excluding tert-OH is 1. The van der Waals surface area contributed by atoms with Crippen molar-refractivity contribution in [2.24, 2.45) is 5.41 Å². The molecule has 1 aromatic heterocycles. The number of aromatic nitrogens is 1. The maximum atomic E-state index is 11.9. The second-order valence-electron chi connectivity index (χ2n) is 7.21. The van der Waals surface area contributed by atoms with Crippen molar-refractivity contribution in [1.29, 1.82) is 0 Å². The molecule has 2 aromatic rings. The van der Waals surface area contributed by atoms with E-state index < -0.39 is 5.97 Å². The molecular weight excluding hydrogens is 370 g/mol. The summed E-state index contributed by atoms with van der Waals surface area (Å²) in [6, 6.07) is 9.29. The van der Waals surface area contributed by atoms with Gasteiger partial charge in [-0.25, -0.2) is 4.79 Å². The third-order valence-electron chi connectivity index (χ3n) is 5.80. The van der Waals surface area contributed by atoms with Crippen molar-refractivity contribution in [3.63, 3.8) is 0 Å². The normalized spacial score (nSPS) is 24.8. The number of aromatic carboxylic acids is 1. The van der Waals surface area contributed by atoms with Crippen molar-refractivity contribution < 1.29 is 19.5 Å². The summed E-state index contributed by atoms with van der Waals surface area (Å²) >= 11 is 0. The van der Waals surface area contributed by atoms with E-state index in [1.165, 1.54) is 0 Å². The number of piperidine rings is 2. The Kier molecular flexibility index (Phi) is 5.74. The molecule has 2 atom stereocenters. The minimum atomic E-state index is -1.05. The van der Waals surface area contributed by atoms with Gasteiger partial charge in [-0.05, 0) is 25.8 Å². The Hall–Kier alpha value is -2.09. The highest BCUT2D eigenvalue weighted by Crippen LogP contribution is 2.41. The number of halogens is 1.